The van der Waals surface area contributed by atoms with Crippen LogP contribution in [0.25, 0.3) is 0 Å². The number of nitrogens with two attached hydrogens (primary N) is 3. The molecule has 12 heteroatoms. The van der Waals surface area contributed by atoms with E-state index < -0.39 is 18.0 Å². The third kappa shape index (κ3) is 9.18. The Kier molecular flexibility index (Phi) is 12.2. The average molecular weight is 372 g/mol. The molecular formula is C11H23Cl2N7O3. The Balaban J connectivity index is 0. The fourth-order valence-corrected chi connectivity index (χ4v) is 1.78. The minimum Gasteiger partial charge on any atom is -0.351 e. The lowest BCUT2D eigenvalue weighted by molar-refractivity contribution is -0.128. The van der Waals surface area contributed by atoms with Gasteiger partial charge in [0.1, 0.15) is 6.04 Å². The predicted molar refractivity (Wildman–Crippen MR) is 90.5 cm³/mol. The fourth-order valence-electron chi connectivity index (χ4n) is 1.78. The van der Waals surface area contributed by atoms with Crippen LogP contribution >= 0.6 is 24.8 Å². The highest BCUT2D eigenvalue weighted by Crippen LogP contribution is 2.00. The van der Waals surface area contributed by atoms with Crippen LogP contribution in [0.4, 0.5) is 4.79 Å². The minimum absolute atomic E-state index is 0. The third-order valence-electron chi connectivity index (χ3n) is 2.79. The Morgan fingerprint density at radius 2 is 2.04 bits per heavy atom. The van der Waals surface area contributed by atoms with Crippen molar-refractivity contribution in [3.63, 3.8) is 0 Å². The number of carbonyl (C=O) groups is 3. The van der Waals surface area contributed by atoms with Crippen molar-refractivity contribution in [1.82, 2.24) is 16.0 Å². The molecule has 1 aliphatic heterocycles. The maximum absolute atomic E-state index is 11.7. The van der Waals surface area contributed by atoms with E-state index in [4.69, 9.17) is 17.2 Å². The lowest BCUT2D eigenvalue weighted by Gasteiger charge is -2.22. The average Bonchev–Trinajstić information content (AvgIpc) is 2.39. The molecule has 0 saturated heterocycles. The van der Waals surface area contributed by atoms with E-state index in [1.165, 1.54) is 0 Å². The Hall–Kier alpha value is -1.62. The molecular weight excluding hydrogens is 349 g/mol. The van der Waals surface area contributed by atoms with Crippen LogP contribution in [0.5, 0.6) is 0 Å². The molecule has 0 spiro atoms. The number of primary amides is 1. The van der Waals surface area contributed by atoms with Gasteiger partial charge in [-0.05, 0) is 19.4 Å². The summed E-state index contributed by atoms with van der Waals surface area (Å²) in [6, 6.07) is -1.92. The number of guanidine groups is 1. The van der Waals surface area contributed by atoms with Crippen LogP contribution in [-0.2, 0) is 9.59 Å². The number of hydrogen-bond acceptors (Lipinski definition) is 6. The SMILES string of the molecule is Cl.Cl.NCCC[C@@H](N)CC(=O)NC1CN=C(NC(N)=O)NC1=O. The fraction of sp³-hybridized carbons (Fsp3) is 0.636. The lowest BCUT2D eigenvalue weighted by Crippen LogP contribution is -2.58. The number of aliphatic imine (C=N–C) groups is 1. The Morgan fingerprint density at radius 1 is 1.39 bits per heavy atom. The summed E-state index contributed by atoms with van der Waals surface area (Å²) >= 11 is 0. The first-order valence-electron chi connectivity index (χ1n) is 6.59. The molecule has 0 radical (unpaired) electrons. The number of rotatable bonds is 6. The Morgan fingerprint density at radius 3 is 2.57 bits per heavy atom. The second-order valence-corrected chi connectivity index (χ2v) is 4.68. The van der Waals surface area contributed by atoms with E-state index in [-0.39, 0.29) is 55.7 Å². The van der Waals surface area contributed by atoms with Gasteiger partial charge in [-0.2, -0.15) is 0 Å². The molecule has 23 heavy (non-hydrogen) atoms. The van der Waals surface area contributed by atoms with Gasteiger partial charge in [-0.3, -0.25) is 20.2 Å². The molecule has 0 aromatic rings. The summed E-state index contributed by atoms with van der Waals surface area (Å²) in [4.78, 5) is 38.0. The summed E-state index contributed by atoms with van der Waals surface area (Å²) in [6.07, 6.45) is 1.50. The normalized spacial score (nSPS) is 17.6. The van der Waals surface area contributed by atoms with Gasteiger partial charge < -0.3 is 22.5 Å². The van der Waals surface area contributed by atoms with Crippen molar-refractivity contribution in [3.8, 4) is 0 Å². The number of hydrogen-bond donors (Lipinski definition) is 6. The molecule has 2 atom stereocenters. The number of nitrogens with one attached hydrogen (secondary N) is 3. The van der Waals surface area contributed by atoms with Crippen molar-refractivity contribution in [2.24, 2.45) is 22.2 Å². The van der Waals surface area contributed by atoms with E-state index in [9.17, 15) is 14.4 Å². The molecule has 9 N–H and O–H groups in total. The highest BCUT2D eigenvalue weighted by molar-refractivity contribution is 6.07. The van der Waals surface area contributed by atoms with E-state index in [0.717, 1.165) is 6.42 Å². The van der Waals surface area contributed by atoms with Gasteiger partial charge in [-0.1, -0.05) is 0 Å². The smallest absolute Gasteiger partial charge is 0.318 e. The number of amides is 4. The van der Waals surface area contributed by atoms with Crippen molar-refractivity contribution in [2.45, 2.75) is 31.3 Å². The Labute approximate surface area is 146 Å². The summed E-state index contributed by atoms with van der Waals surface area (Å²) in [6.45, 7) is 0.538. The molecule has 0 aliphatic carbocycles. The first-order chi connectivity index (χ1) is 9.92. The van der Waals surface area contributed by atoms with E-state index in [2.05, 4.69) is 20.9 Å². The van der Waals surface area contributed by atoms with Crippen LogP contribution in [0.1, 0.15) is 19.3 Å². The molecule has 1 aliphatic rings. The summed E-state index contributed by atoms with van der Waals surface area (Å²) in [5, 5.41) is 7.02. The highest BCUT2D eigenvalue weighted by atomic mass is 35.5. The monoisotopic (exact) mass is 371 g/mol. The first-order valence-corrected chi connectivity index (χ1v) is 6.59. The second-order valence-electron chi connectivity index (χ2n) is 4.68. The van der Waals surface area contributed by atoms with Crippen LogP contribution in [0.3, 0.4) is 0 Å². The lowest BCUT2D eigenvalue weighted by atomic mass is 10.1. The number of nitrogens with zero attached hydrogens (tertiary/aromatic N) is 1. The van der Waals surface area contributed by atoms with Gasteiger partial charge in [-0.15, -0.1) is 24.8 Å². The van der Waals surface area contributed by atoms with Crippen molar-refractivity contribution in [1.29, 1.82) is 0 Å². The zero-order chi connectivity index (χ0) is 15.8. The van der Waals surface area contributed by atoms with Crippen LogP contribution in [0.15, 0.2) is 4.99 Å². The summed E-state index contributed by atoms with van der Waals surface area (Å²) in [7, 11) is 0. The van der Waals surface area contributed by atoms with Crippen LogP contribution in [-0.4, -0.2) is 49.0 Å². The zero-order valence-corrected chi connectivity index (χ0v) is 14.0. The van der Waals surface area contributed by atoms with Crippen molar-refractivity contribution in [3.05, 3.63) is 0 Å². The van der Waals surface area contributed by atoms with Crippen LogP contribution in [0, 0.1) is 0 Å². The molecule has 0 aromatic heterocycles. The van der Waals surface area contributed by atoms with Crippen molar-refractivity contribution >= 4 is 48.6 Å². The molecule has 1 rings (SSSR count). The number of carbonyl (C=O) groups excluding carboxylic acids is 3. The minimum atomic E-state index is -0.831. The number of urea groups is 1. The molecule has 10 nitrogen and oxygen atoms in total. The molecule has 0 fully saturated rings. The molecule has 1 unspecified atom stereocenters. The molecule has 0 saturated carbocycles. The molecule has 4 amide bonds. The van der Waals surface area contributed by atoms with Gasteiger partial charge >= 0.3 is 6.03 Å². The van der Waals surface area contributed by atoms with E-state index in [1.807, 2.05) is 0 Å². The van der Waals surface area contributed by atoms with Crippen LogP contribution in [0.2, 0.25) is 0 Å². The third-order valence-corrected chi connectivity index (χ3v) is 2.79. The molecule has 0 aromatic carbocycles. The van der Waals surface area contributed by atoms with E-state index in [1.54, 1.807) is 0 Å². The van der Waals surface area contributed by atoms with Gasteiger partial charge in [0.25, 0.3) is 5.91 Å². The van der Waals surface area contributed by atoms with Gasteiger partial charge in [-0.25, -0.2) is 9.79 Å². The maximum atomic E-state index is 11.7. The predicted octanol–water partition coefficient (Wildman–Crippen LogP) is -2.07. The summed E-state index contributed by atoms with van der Waals surface area (Å²) < 4.78 is 0. The quantitative estimate of drug-likeness (QED) is 0.313. The second kappa shape index (κ2) is 11.9. The van der Waals surface area contributed by atoms with Crippen LogP contribution < -0.4 is 33.2 Å². The largest absolute Gasteiger partial charge is 0.351 e. The van der Waals surface area contributed by atoms with Gasteiger partial charge in [0.05, 0.1) is 6.54 Å². The van der Waals surface area contributed by atoms with E-state index >= 15 is 0 Å². The van der Waals surface area contributed by atoms with Crippen molar-refractivity contribution in [2.75, 3.05) is 13.1 Å². The standard InChI is InChI=1S/C11H21N7O3.2ClH/c12-3-1-2-6(13)4-8(19)16-7-5-15-11(17-9(7)20)18-10(14)21;;/h6-7H,1-5,12-13H2,(H,16,19)(H4,14,15,17,18,20,21);2*1H/t6-,7?;;/m1../s1. The van der Waals surface area contributed by atoms with Gasteiger partial charge in [0.2, 0.25) is 11.9 Å². The first kappa shape index (κ1) is 23.6. The van der Waals surface area contributed by atoms with E-state index in [0.29, 0.717) is 13.0 Å². The zero-order valence-electron chi connectivity index (χ0n) is 12.4. The highest BCUT2D eigenvalue weighted by Gasteiger charge is 2.26. The topological polar surface area (TPSA) is 178 Å². The number of halogens is 2. The maximum Gasteiger partial charge on any atom is 0.318 e. The Bertz CT molecular complexity index is 447. The summed E-state index contributed by atoms with van der Waals surface area (Å²) in [5.74, 6) is -0.837. The molecule has 134 valence electrons. The van der Waals surface area contributed by atoms with Gasteiger partial charge in [0, 0.05) is 12.5 Å². The molecule has 1 heterocycles. The molecule has 0 bridgehead atoms. The van der Waals surface area contributed by atoms with Gasteiger partial charge in [0.15, 0.2) is 0 Å². The summed E-state index contributed by atoms with van der Waals surface area (Å²) in [5.41, 5.74) is 16.0. The van der Waals surface area contributed by atoms with Crippen molar-refractivity contribution < 1.29 is 14.4 Å².